The lowest BCUT2D eigenvalue weighted by molar-refractivity contribution is -0.135. The first-order valence-corrected chi connectivity index (χ1v) is 20.5. The fourth-order valence-corrected chi connectivity index (χ4v) is 6.11. The van der Waals surface area contributed by atoms with E-state index in [2.05, 4.69) is 49.2 Å². The van der Waals surface area contributed by atoms with Gasteiger partial charge < -0.3 is 65.5 Å². The lowest BCUT2D eigenvalue weighted by Crippen LogP contribution is -2.59. The van der Waals surface area contributed by atoms with E-state index in [1.54, 1.807) is 24.3 Å². The third-order valence-corrected chi connectivity index (χ3v) is 9.62. The van der Waals surface area contributed by atoms with Crippen molar-refractivity contribution in [3.8, 4) is 11.5 Å². The molecule has 2 rings (SSSR count). The predicted molar refractivity (Wildman–Crippen MR) is 235 cm³/mol. The molecule has 2 aromatic rings. The van der Waals surface area contributed by atoms with Crippen molar-refractivity contribution in [1.82, 2.24) is 26.6 Å². The highest BCUT2D eigenvalue weighted by Crippen LogP contribution is 2.15. The van der Waals surface area contributed by atoms with E-state index in [4.69, 9.17) is 28.7 Å². The number of hydrogen-bond donors (Lipinski definition) is 13. The van der Waals surface area contributed by atoms with E-state index in [9.17, 15) is 39.0 Å². The minimum Gasteiger partial charge on any atom is -0.508 e. The van der Waals surface area contributed by atoms with E-state index in [1.165, 1.54) is 31.2 Å². The van der Waals surface area contributed by atoms with E-state index in [0.717, 1.165) is 0 Å². The molecule has 0 unspecified atom stereocenters. The van der Waals surface area contributed by atoms with E-state index in [-0.39, 0.29) is 98.9 Å². The third-order valence-electron chi connectivity index (χ3n) is 9.22. The number of nitrogens with two attached hydrogens (primary N) is 5. The summed E-state index contributed by atoms with van der Waals surface area (Å²) in [6.45, 7) is 5.21. The first-order valence-electron chi connectivity index (χ1n) is 19.8. The monoisotopic (exact) mass is 870 g/mol. The van der Waals surface area contributed by atoms with Crippen molar-refractivity contribution in [3.63, 3.8) is 0 Å². The van der Waals surface area contributed by atoms with E-state index in [0.29, 0.717) is 11.1 Å². The molecule has 0 aliphatic carbocycles. The Morgan fingerprint density at radius 3 is 1.34 bits per heavy atom. The summed E-state index contributed by atoms with van der Waals surface area (Å²) in [7, 11) is 0. The number of nitrogens with zero attached hydrogens (tertiary/aromatic N) is 2. The van der Waals surface area contributed by atoms with Crippen molar-refractivity contribution in [1.29, 1.82) is 0 Å². The van der Waals surface area contributed by atoms with Crippen LogP contribution >= 0.6 is 12.6 Å². The van der Waals surface area contributed by atoms with Crippen LogP contribution in [0.2, 0.25) is 0 Å². The Kier molecular flexibility index (Phi) is 21.9. The van der Waals surface area contributed by atoms with Gasteiger partial charge in [0.15, 0.2) is 17.7 Å². The number of thiol groups is 1. The molecular formula is C40H62N12O8S. The molecule has 0 radical (unpaired) electrons. The number of hydrogen-bond acceptors (Lipinski definition) is 12. The number of aromatic hydroxyl groups is 2. The van der Waals surface area contributed by atoms with Gasteiger partial charge in [-0.2, -0.15) is 12.6 Å². The molecule has 6 atom stereocenters. The second kappa shape index (κ2) is 26.2. The first kappa shape index (κ1) is 51.1. The number of aliphatic imine (C=N–C) groups is 2. The number of nitrogens with one attached hydrogen (secondary N) is 5. The summed E-state index contributed by atoms with van der Waals surface area (Å²) in [4.78, 5) is 89.3. The number of ketones is 1. The molecule has 0 saturated carbocycles. The molecule has 0 heterocycles. The van der Waals surface area contributed by atoms with Crippen LogP contribution in [0.4, 0.5) is 0 Å². The molecule has 336 valence electrons. The maximum atomic E-state index is 14.1. The Bertz CT molecular complexity index is 1820. The van der Waals surface area contributed by atoms with Gasteiger partial charge in [0.1, 0.15) is 35.7 Å². The van der Waals surface area contributed by atoms with Gasteiger partial charge in [0.2, 0.25) is 29.5 Å². The Balaban J connectivity index is 2.41. The summed E-state index contributed by atoms with van der Waals surface area (Å²) < 4.78 is 0. The summed E-state index contributed by atoms with van der Waals surface area (Å²) >= 11 is 4.07. The van der Waals surface area contributed by atoms with Crippen molar-refractivity contribution >= 4 is 59.9 Å². The van der Waals surface area contributed by atoms with Crippen LogP contribution in [-0.2, 0) is 41.6 Å². The predicted octanol–water partition coefficient (Wildman–Crippen LogP) is -1.69. The number of amides is 5. The number of rotatable bonds is 26. The molecule has 0 saturated heterocycles. The van der Waals surface area contributed by atoms with Crippen molar-refractivity contribution in [2.24, 2.45) is 44.6 Å². The van der Waals surface area contributed by atoms with Crippen LogP contribution in [0.1, 0.15) is 64.0 Å². The average molecular weight is 871 g/mol. The summed E-state index contributed by atoms with van der Waals surface area (Å²) in [6.07, 6.45) is 0.719. The topological polar surface area (TPSA) is 358 Å². The van der Waals surface area contributed by atoms with Crippen LogP contribution < -0.4 is 55.3 Å². The zero-order valence-corrected chi connectivity index (χ0v) is 35.7. The fourth-order valence-electron chi connectivity index (χ4n) is 5.94. The molecule has 0 aromatic heterocycles. The van der Waals surface area contributed by atoms with Gasteiger partial charge in [-0.1, -0.05) is 38.1 Å². The Labute approximate surface area is 361 Å². The van der Waals surface area contributed by atoms with Gasteiger partial charge in [-0.3, -0.25) is 38.8 Å². The Hall–Kier alpha value is -6.09. The standard InChI is InChI=1S/C40H62N12O8S/c1-22(2)18-32(37(59)48-29(6-4-16-46-39(42)43)35(57)50-31(23(3)53)19-24-8-12-26(54)13-9-24)52-36(58)30(7-5-17-47-40(44)45)49-38(60)33(51-34(56)28(41)21-61)20-25-10-14-27(55)15-11-25/h8-15,22,28-33,54-55,61H,4-7,16-21,41H2,1-3H3,(H,48,59)(H,49,60)(H,50,57)(H,51,56)(H,52,58)(H4,42,43,46)(H4,44,45,47)/t28-,29-,30-,31-,32-,33-/m0/s1. The zero-order valence-electron chi connectivity index (χ0n) is 34.8. The number of phenols is 2. The molecule has 0 spiro atoms. The highest BCUT2D eigenvalue weighted by molar-refractivity contribution is 7.80. The molecule has 0 fully saturated rings. The highest BCUT2D eigenvalue weighted by atomic mass is 32.1. The lowest BCUT2D eigenvalue weighted by atomic mass is 10.00. The van der Waals surface area contributed by atoms with Gasteiger partial charge in [-0.15, -0.1) is 0 Å². The van der Waals surface area contributed by atoms with Crippen LogP contribution in [0, 0.1) is 5.92 Å². The minimum absolute atomic E-state index is 0.00366. The van der Waals surface area contributed by atoms with Gasteiger partial charge in [0, 0.05) is 25.3 Å². The molecule has 61 heavy (non-hydrogen) atoms. The van der Waals surface area contributed by atoms with Crippen molar-refractivity contribution in [3.05, 3.63) is 59.7 Å². The smallest absolute Gasteiger partial charge is 0.243 e. The van der Waals surface area contributed by atoms with Gasteiger partial charge in [0.05, 0.1) is 12.1 Å². The maximum absolute atomic E-state index is 14.1. The summed E-state index contributed by atoms with van der Waals surface area (Å²) in [5.41, 5.74) is 29.0. The SMILES string of the molecule is CC(=O)[C@H](Cc1ccc(O)cc1)NC(=O)[C@H](CCCN=C(N)N)NC(=O)[C@H](CC(C)C)NC(=O)[C@H](CCCN=C(N)N)NC(=O)[C@H](Cc1ccc(O)cc1)NC(=O)[C@@H](N)CS. The number of Topliss-reactive ketones (excluding diaryl/α,β-unsaturated/α-hetero) is 1. The molecule has 20 nitrogen and oxygen atoms in total. The number of carbonyl (C=O) groups excluding carboxylic acids is 6. The van der Waals surface area contributed by atoms with E-state index >= 15 is 0 Å². The lowest BCUT2D eigenvalue weighted by Gasteiger charge is -2.28. The molecule has 5 amide bonds. The first-order chi connectivity index (χ1) is 28.8. The van der Waals surface area contributed by atoms with E-state index < -0.39 is 65.8 Å². The van der Waals surface area contributed by atoms with Crippen molar-refractivity contribution in [2.45, 2.75) is 102 Å². The number of guanidine groups is 2. The van der Waals surface area contributed by atoms with Gasteiger partial charge in [-0.25, -0.2) is 0 Å². The number of carbonyl (C=O) groups is 6. The zero-order chi connectivity index (χ0) is 45.6. The van der Waals surface area contributed by atoms with Crippen LogP contribution in [0.5, 0.6) is 11.5 Å². The number of phenolic OH excluding ortho intramolecular Hbond substituents is 2. The Morgan fingerprint density at radius 1 is 0.590 bits per heavy atom. The van der Waals surface area contributed by atoms with E-state index in [1.807, 2.05) is 13.8 Å². The second-order valence-corrected chi connectivity index (χ2v) is 15.3. The minimum atomic E-state index is -1.27. The van der Waals surface area contributed by atoms with Gasteiger partial charge in [0.25, 0.3) is 0 Å². The van der Waals surface area contributed by atoms with Crippen molar-refractivity contribution < 1.29 is 39.0 Å². The molecule has 0 aliphatic rings. The normalized spacial score (nSPS) is 13.9. The molecule has 0 bridgehead atoms. The molecule has 0 aliphatic heterocycles. The molecular weight excluding hydrogens is 809 g/mol. The Morgan fingerprint density at radius 2 is 0.951 bits per heavy atom. The third kappa shape index (κ3) is 19.7. The molecule has 17 N–H and O–H groups in total. The maximum Gasteiger partial charge on any atom is 0.243 e. The number of benzene rings is 2. The van der Waals surface area contributed by atoms with Crippen LogP contribution in [0.25, 0.3) is 0 Å². The highest BCUT2D eigenvalue weighted by Gasteiger charge is 2.33. The second-order valence-electron chi connectivity index (χ2n) is 15.0. The summed E-state index contributed by atoms with van der Waals surface area (Å²) in [5.74, 6) is -4.36. The summed E-state index contributed by atoms with van der Waals surface area (Å²) in [6, 6.07) is 5.21. The largest absolute Gasteiger partial charge is 0.508 e. The van der Waals surface area contributed by atoms with Crippen LogP contribution in [-0.4, -0.2) is 113 Å². The van der Waals surface area contributed by atoms with Gasteiger partial charge >= 0.3 is 0 Å². The fraction of sp³-hybridized carbons (Fsp3) is 0.500. The van der Waals surface area contributed by atoms with Crippen LogP contribution in [0.3, 0.4) is 0 Å². The quantitative estimate of drug-likeness (QED) is 0.0217. The molecule has 21 heteroatoms. The molecule has 2 aromatic carbocycles. The summed E-state index contributed by atoms with van der Waals surface area (Å²) in [5, 5.41) is 32.9. The van der Waals surface area contributed by atoms with Crippen LogP contribution in [0.15, 0.2) is 58.5 Å². The average Bonchev–Trinajstić information content (AvgIpc) is 3.19. The van der Waals surface area contributed by atoms with Crippen molar-refractivity contribution in [2.75, 3.05) is 18.8 Å². The van der Waals surface area contributed by atoms with Gasteiger partial charge in [-0.05, 0) is 86.8 Å².